The van der Waals surface area contributed by atoms with Gasteiger partial charge >= 0.3 is 0 Å². The number of amides is 2. The molecule has 0 aromatic heterocycles. The second-order valence-electron chi connectivity index (χ2n) is 7.58. The Balaban J connectivity index is 1.61. The first kappa shape index (κ1) is 20.4. The first-order valence-electron chi connectivity index (χ1n) is 9.72. The molecule has 158 valence electrons. The van der Waals surface area contributed by atoms with E-state index in [1.165, 1.54) is 10.4 Å². The minimum absolute atomic E-state index is 0.0763. The summed E-state index contributed by atoms with van der Waals surface area (Å²) in [5.74, 6) is -0.331. The molecule has 2 aliphatic rings. The summed E-state index contributed by atoms with van der Waals surface area (Å²) in [5, 5.41) is 5.49. The molecule has 0 unspecified atom stereocenters. The largest absolute Gasteiger partial charge is 0.482 e. The van der Waals surface area contributed by atoms with Gasteiger partial charge in [-0.25, -0.2) is 8.42 Å². The highest BCUT2D eigenvalue weighted by Gasteiger charge is 2.40. The van der Waals surface area contributed by atoms with Crippen LogP contribution in [0.5, 0.6) is 5.75 Å². The van der Waals surface area contributed by atoms with E-state index >= 15 is 0 Å². The van der Waals surface area contributed by atoms with Gasteiger partial charge in [0, 0.05) is 18.3 Å². The van der Waals surface area contributed by atoms with E-state index in [0.717, 1.165) is 5.56 Å². The van der Waals surface area contributed by atoms with E-state index < -0.39 is 16.1 Å². The van der Waals surface area contributed by atoms with Gasteiger partial charge in [0.15, 0.2) is 6.61 Å². The molecular weight excluding hydrogens is 406 g/mol. The number of rotatable bonds is 4. The minimum Gasteiger partial charge on any atom is -0.482 e. The second-order valence-corrected chi connectivity index (χ2v) is 9.44. The van der Waals surface area contributed by atoms with Crippen molar-refractivity contribution in [1.29, 1.82) is 0 Å². The standard InChI is InChI=1S/C21H23N3O5S/c1-13-5-7-15(8-6-13)22-21(26)17-4-3-9-24(17)30(27,28)19-11-18-16(10-14(19)2)23-20(25)12-29-18/h5-8,10-11,17H,3-4,9,12H2,1-2H3,(H,22,26)(H,23,25)/t17-/m1/s1. The molecule has 0 bridgehead atoms. The number of carbonyl (C=O) groups excluding carboxylic acids is 2. The number of aryl methyl sites for hydroxylation is 2. The summed E-state index contributed by atoms with van der Waals surface area (Å²) < 4.78 is 33.5. The van der Waals surface area contributed by atoms with Crippen LogP contribution in [0.4, 0.5) is 11.4 Å². The fraction of sp³-hybridized carbons (Fsp3) is 0.333. The van der Waals surface area contributed by atoms with E-state index in [4.69, 9.17) is 4.74 Å². The number of sulfonamides is 1. The fourth-order valence-electron chi connectivity index (χ4n) is 3.77. The van der Waals surface area contributed by atoms with E-state index in [1.807, 2.05) is 19.1 Å². The molecule has 2 heterocycles. The van der Waals surface area contributed by atoms with Gasteiger partial charge in [0.05, 0.1) is 10.6 Å². The van der Waals surface area contributed by atoms with Gasteiger partial charge in [0.2, 0.25) is 15.9 Å². The average molecular weight is 429 g/mol. The van der Waals surface area contributed by atoms with Gasteiger partial charge < -0.3 is 15.4 Å². The molecule has 2 aromatic carbocycles. The first-order chi connectivity index (χ1) is 14.3. The molecular formula is C21H23N3O5S. The molecule has 1 saturated heterocycles. The maximum atomic E-state index is 13.4. The van der Waals surface area contributed by atoms with Crippen LogP contribution in [0.25, 0.3) is 0 Å². The third-order valence-electron chi connectivity index (χ3n) is 5.32. The van der Waals surface area contributed by atoms with Crippen LogP contribution >= 0.6 is 0 Å². The number of hydrogen-bond donors (Lipinski definition) is 2. The highest BCUT2D eigenvalue weighted by Crippen LogP contribution is 2.36. The fourth-order valence-corrected chi connectivity index (χ4v) is 5.65. The normalized spacial score (nSPS) is 19.0. The van der Waals surface area contributed by atoms with Crippen LogP contribution in [0.1, 0.15) is 24.0 Å². The zero-order valence-electron chi connectivity index (χ0n) is 16.8. The van der Waals surface area contributed by atoms with Crippen LogP contribution < -0.4 is 15.4 Å². The summed E-state index contributed by atoms with van der Waals surface area (Å²) in [6.07, 6.45) is 1.05. The Labute approximate surface area is 175 Å². The first-order valence-corrected chi connectivity index (χ1v) is 11.2. The summed E-state index contributed by atoms with van der Waals surface area (Å²) in [6.45, 7) is 3.71. The van der Waals surface area contributed by atoms with Gasteiger partial charge in [0.1, 0.15) is 11.8 Å². The van der Waals surface area contributed by atoms with Crippen LogP contribution in [-0.4, -0.2) is 43.7 Å². The number of anilines is 2. The van der Waals surface area contributed by atoms with Crippen molar-refractivity contribution in [3.63, 3.8) is 0 Å². The van der Waals surface area contributed by atoms with Gasteiger partial charge in [-0.15, -0.1) is 0 Å². The maximum absolute atomic E-state index is 13.4. The van der Waals surface area contributed by atoms with E-state index in [9.17, 15) is 18.0 Å². The Bertz CT molecular complexity index is 1110. The summed E-state index contributed by atoms with van der Waals surface area (Å²) >= 11 is 0. The lowest BCUT2D eigenvalue weighted by Gasteiger charge is -2.26. The molecule has 0 aliphatic carbocycles. The Kier molecular flexibility index (Phi) is 5.25. The second kappa shape index (κ2) is 7.73. The van der Waals surface area contributed by atoms with Crippen molar-refractivity contribution in [1.82, 2.24) is 4.31 Å². The van der Waals surface area contributed by atoms with E-state index in [2.05, 4.69) is 10.6 Å². The number of hydrogen-bond acceptors (Lipinski definition) is 5. The van der Waals surface area contributed by atoms with Gasteiger partial charge in [0.25, 0.3) is 5.91 Å². The molecule has 2 N–H and O–H groups in total. The molecule has 0 saturated carbocycles. The van der Waals surface area contributed by atoms with Crippen molar-refractivity contribution in [2.24, 2.45) is 0 Å². The zero-order chi connectivity index (χ0) is 21.5. The molecule has 2 amide bonds. The van der Waals surface area contributed by atoms with Crippen molar-refractivity contribution in [2.45, 2.75) is 37.6 Å². The quantitative estimate of drug-likeness (QED) is 0.777. The molecule has 1 atom stereocenters. The molecule has 8 nitrogen and oxygen atoms in total. The highest BCUT2D eigenvalue weighted by atomic mass is 32.2. The predicted octanol–water partition coefficient (Wildman–Crippen LogP) is 2.43. The van der Waals surface area contributed by atoms with Crippen molar-refractivity contribution in [3.05, 3.63) is 47.5 Å². The number of nitrogens with zero attached hydrogens (tertiary/aromatic N) is 1. The molecule has 30 heavy (non-hydrogen) atoms. The van der Waals surface area contributed by atoms with Crippen molar-refractivity contribution in [3.8, 4) is 5.75 Å². The maximum Gasteiger partial charge on any atom is 0.262 e. The molecule has 2 aromatic rings. The number of ether oxygens (including phenoxy) is 1. The van der Waals surface area contributed by atoms with Crippen LogP contribution in [0.2, 0.25) is 0 Å². The molecule has 0 spiro atoms. The highest BCUT2D eigenvalue weighted by molar-refractivity contribution is 7.89. The van der Waals surface area contributed by atoms with Gasteiger partial charge in [-0.2, -0.15) is 4.31 Å². The Morgan fingerprint density at radius 1 is 1.20 bits per heavy atom. The van der Waals surface area contributed by atoms with E-state index in [1.54, 1.807) is 25.1 Å². The van der Waals surface area contributed by atoms with Crippen LogP contribution in [-0.2, 0) is 19.6 Å². The molecule has 2 aliphatic heterocycles. The zero-order valence-corrected chi connectivity index (χ0v) is 17.6. The lowest BCUT2D eigenvalue weighted by atomic mass is 10.2. The van der Waals surface area contributed by atoms with E-state index in [0.29, 0.717) is 35.5 Å². The Morgan fingerprint density at radius 2 is 1.93 bits per heavy atom. The Hall–Kier alpha value is -2.91. The molecule has 0 radical (unpaired) electrons. The topological polar surface area (TPSA) is 105 Å². The van der Waals surface area contributed by atoms with Crippen molar-refractivity contribution >= 4 is 33.2 Å². The van der Waals surface area contributed by atoms with Crippen LogP contribution in [0, 0.1) is 13.8 Å². The van der Waals surface area contributed by atoms with Gasteiger partial charge in [-0.05, 0) is 50.5 Å². The van der Waals surface area contributed by atoms with Gasteiger partial charge in [-0.3, -0.25) is 9.59 Å². The minimum atomic E-state index is -3.93. The number of benzene rings is 2. The summed E-state index contributed by atoms with van der Waals surface area (Å²) in [6, 6.07) is 9.57. The summed E-state index contributed by atoms with van der Waals surface area (Å²) in [5.41, 5.74) is 2.62. The third kappa shape index (κ3) is 3.78. The lowest BCUT2D eigenvalue weighted by molar-refractivity contribution is -0.119. The number of carbonyl (C=O) groups is 2. The SMILES string of the molecule is Cc1ccc(NC(=O)[C@H]2CCCN2S(=O)(=O)c2cc3c(cc2C)NC(=O)CO3)cc1. The predicted molar refractivity (Wildman–Crippen MR) is 112 cm³/mol. The lowest BCUT2D eigenvalue weighted by Crippen LogP contribution is -2.43. The van der Waals surface area contributed by atoms with Crippen molar-refractivity contribution < 1.29 is 22.7 Å². The van der Waals surface area contributed by atoms with Gasteiger partial charge in [-0.1, -0.05) is 17.7 Å². The number of fused-ring (bicyclic) bond motifs is 1. The van der Waals surface area contributed by atoms with Crippen LogP contribution in [0.3, 0.4) is 0 Å². The smallest absolute Gasteiger partial charge is 0.262 e. The summed E-state index contributed by atoms with van der Waals surface area (Å²) in [4.78, 5) is 24.4. The Morgan fingerprint density at radius 3 is 2.67 bits per heavy atom. The van der Waals surface area contributed by atoms with Crippen molar-refractivity contribution in [2.75, 3.05) is 23.8 Å². The number of nitrogens with one attached hydrogen (secondary N) is 2. The summed E-state index contributed by atoms with van der Waals surface area (Å²) in [7, 11) is -3.93. The average Bonchev–Trinajstić information content (AvgIpc) is 3.20. The van der Waals surface area contributed by atoms with E-state index in [-0.39, 0.29) is 29.9 Å². The molecule has 9 heteroatoms. The van der Waals surface area contributed by atoms with Crippen LogP contribution in [0.15, 0.2) is 41.3 Å². The molecule has 1 fully saturated rings. The third-order valence-corrected chi connectivity index (χ3v) is 7.37. The molecule has 4 rings (SSSR count). The monoisotopic (exact) mass is 429 g/mol.